The van der Waals surface area contributed by atoms with E-state index in [4.69, 9.17) is 5.73 Å². The molecule has 98 valence electrons. The Hall–Kier alpha value is -2.63. The maximum absolute atomic E-state index is 11.3. The number of amides is 1. The van der Waals surface area contributed by atoms with Crippen molar-refractivity contribution in [1.29, 1.82) is 0 Å². The van der Waals surface area contributed by atoms with Crippen LogP contribution in [-0.4, -0.2) is 35.6 Å². The molecule has 0 spiro atoms. The van der Waals surface area contributed by atoms with Crippen LogP contribution in [0.5, 0.6) is 0 Å². The second kappa shape index (κ2) is 4.93. The third-order valence-corrected chi connectivity index (χ3v) is 2.75. The molecule has 3 N–H and O–H groups in total. The number of fused-ring (bicyclic) bond motifs is 1. The van der Waals surface area contributed by atoms with Gasteiger partial charge >= 0.3 is 5.97 Å². The van der Waals surface area contributed by atoms with E-state index in [-0.39, 0.29) is 12.1 Å². The maximum atomic E-state index is 11.3. The van der Waals surface area contributed by atoms with Gasteiger partial charge in [0.15, 0.2) is 0 Å². The zero-order chi connectivity index (χ0) is 14.0. The van der Waals surface area contributed by atoms with Gasteiger partial charge in [-0.2, -0.15) is 0 Å². The lowest BCUT2D eigenvalue weighted by atomic mass is 10.1. The molecule has 0 radical (unpaired) electrons. The molecule has 0 saturated heterocycles. The summed E-state index contributed by atoms with van der Waals surface area (Å²) in [4.78, 5) is 27.9. The van der Waals surface area contributed by atoms with Gasteiger partial charge in [-0.05, 0) is 6.07 Å². The van der Waals surface area contributed by atoms with Crippen molar-refractivity contribution >= 4 is 28.5 Å². The van der Waals surface area contributed by atoms with Crippen LogP contribution in [0.1, 0.15) is 10.4 Å². The molecule has 0 aliphatic rings. The minimum absolute atomic E-state index is 0.0439. The zero-order valence-electron chi connectivity index (χ0n) is 10.3. The Bertz CT molecular complexity index is 655. The minimum Gasteiger partial charge on any atom is -0.478 e. The van der Waals surface area contributed by atoms with Crippen molar-refractivity contribution in [2.45, 2.75) is 0 Å². The summed E-state index contributed by atoms with van der Waals surface area (Å²) in [5.41, 5.74) is 6.31. The predicted octanol–water partition coefficient (Wildman–Crippen LogP) is 0.854. The van der Waals surface area contributed by atoms with Crippen LogP contribution in [0, 0.1) is 0 Å². The molecule has 1 aromatic heterocycles. The molecule has 19 heavy (non-hydrogen) atoms. The van der Waals surface area contributed by atoms with Gasteiger partial charge in [0.2, 0.25) is 5.91 Å². The molecule has 1 aromatic carbocycles. The Morgan fingerprint density at radius 2 is 2.05 bits per heavy atom. The van der Waals surface area contributed by atoms with Crippen molar-refractivity contribution in [3.63, 3.8) is 0 Å². The summed E-state index contributed by atoms with van der Waals surface area (Å²) in [6.45, 7) is -0.0612. The van der Waals surface area contributed by atoms with Crippen LogP contribution in [0.3, 0.4) is 0 Å². The van der Waals surface area contributed by atoms with Gasteiger partial charge in [-0.3, -0.25) is 9.78 Å². The normalized spacial score (nSPS) is 10.4. The number of pyridine rings is 1. The van der Waals surface area contributed by atoms with E-state index in [0.29, 0.717) is 16.6 Å². The average molecular weight is 259 g/mol. The lowest BCUT2D eigenvalue weighted by Crippen LogP contribution is -2.31. The Morgan fingerprint density at radius 3 is 2.68 bits per heavy atom. The average Bonchev–Trinajstić information content (AvgIpc) is 2.36. The van der Waals surface area contributed by atoms with Gasteiger partial charge < -0.3 is 15.7 Å². The van der Waals surface area contributed by atoms with Crippen molar-refractivity contribution in [2.24, 2.45) is 5.73 Å². The molecule has 2 aromatic rings. The monoisotopic (exact) mass is 259 g/mol. The number of aromatic carboxylic acids is 1. The second-order valence-electron chi connectivity index (χ2n) is 4.17. The zero-order valence-corrected chi connectivity index (χ0v) is 10.3. The molecule has 0 bridgehead atoms. The van der Waals surface area contributed by atoms with E-state index in [1.54, 1.807) is 25.2 Å². The second-order valence-corrected chi connectivity index (χ2v) is 4.17. The van der Waals surface area contributed by atoms with E-state index in [9.17, 15) is 14.7 Å². The van der Waals surface area contributed by atoms with Gasteiger partial charge in [-0.1, -0.05) is 18.2 Å². The summed E-state index contributed by atoms with van der Waals surface area (Å²) in [6, 6.07) is 7.15. The van der Waals surface area contributed by atoms with Crippen LogP contribution in [0.15, 0.2) is 30.5 Å². The van der Waals surface area contributed by atoms with Gasteiger partial charge in [0.25, 0.3) is 0 Å². The molecule has 0 atom stereocenters. The van der Waals surface area contributed by atoms with Crippen LogP contribution in [0.25, 0.3) is 10.9 Å². The Balaban J connectivity index is 2.68. The molecule has 0 unspecified atom stereocenters. The van der Waals surface area contributed by atoms with Gasteiger partial charge in [0.05, 0.1) is 17.7 Å². The molecule has 1 heterocycles. The van der Waals surface area contributed by atoms with Crippen molar-refractivity contribution < 1.29 is 14.7 Å². The van der Waals surface area contributed by atoms with Crippen LogP contribution in [0.4, 0.5) is 5.69 Å². The summed E-state index contributed by atoms with van der Waals surface area (Å²) in [5.74, 6) is -1.62. The van der Waals surface area contributed by atoms with Crippen molar-refractivity contribution in [1.82, 2.24) is 4.98 Å². The van der Waals surface area contributed by atoms with E-state index < -0.39 is 11.9 Å². The van der Waals surface area contributed by atoms with Crippen molar-refractivity contribution in [2.75, 3.05) is 18.5 Å². The third kappa shape index (κ3) is 2.47. The summed E-state index contributed by atoms with van der Waals surface area (Å²) in [6.07, 6.45) is 1.29. The topological polar surface area (TPSA) is 96.5 Å². The quantitative estimate of drug-likeness (QED) is 0.848. The molecule has 1 amide bonds. The number of carboxylic acid groups (broad SMARTS) is 1. The fraction of sp³-hybridized carbons (Fsp3) is 0.154. The first-order valence-corrected chi connectivity index (χ1v) is 5.61. The molecule has 6 nitrogen and oxygen atoms in total. The number of hydrogen-bond donors (Lipinski definition) is 2. The Morgan fingerprint density at radius 1 is 1.37 bits per heavy atom. The van der Waals surface area contributed by atoms with Crippen molar-refractivity contribution in [3.05, 3.63) is 36.0 Å². The van der Waals surface area contributed by atoms with Gasteiger partial charge in [0, 0.05) is 18.6 Å². The van der Waals surface area contributed by atoms with Gasteiger partial charge in [-0.15, -0.1) is 0 Å². The number of benzene rings is 1. The first-order chi connectivity index (χ1) is 9.00. The van der Waals surface area contributed by atoms with E-state index in [1.165, 1.54) is 11.1 Å². The molecular formula is C13H13N3O3. The smallest absolute Gasteiger partial charge is 0.339 e. The summed E-state index contributed by atoms with van der Waals surface area (Å²) < 4.78 is 0. The number of primary amides is 1. The number of carboxylic acids is 1. The number of nitrogens with zero attached hydrogens (tertiary/aromatic N) is 2. The number of carbonyl (C=O) groups excluding carboxylic acids is 1. The molecule has 0 aliphatic heterocycles. The Labute approximate surface area is 109 Å². The number of para-hydroxylation sites is 1. The predicted molar refractivity (Wildman–Crippen MR) is 71.2 cm³/mol. The fourth-order valence-corrected chi connectivity index (χ4v) is 2.01. The van der Waals surface area contributed by atoms with Gasteiger partial charge in [0.1, 0.15) is 5.56 Å². The first kappa shape index (κ1) is 12.8. The molecule has 0 fully saturated rings. The highest BCUT2D eigenvalue weighted by Gasteiger charge is 2.18. The van der Waals surface area contributed by atoms with Gasteiger partial charge in [-0.25, -0.2) is 4.79 Å². The van der Waals surface area contributed by atoms with Crippen LogP contribution >= 0.6 is 0 Å². The van der Waals surface area contributed by atoms with Crippen LogP contribution < -0.4 is 10.6 Å². The van der Waals surface area contributed by atoms with E-state index in [0.717, 1.165) is 0 Å². The molecule has 2 rings (SSSR count). The maximum Gasteiger partial charge on any atom is 0.339 e. The number of nitrogens with two attached hydrogens (primary N) is 1. The highest BCUT2D eigenvalue weighted by atomic mass is 16.4. The Kier molecular flexibility index (Phi) is 3.33. The van der Waals surface area contributed by atoms with E-state index >= 15 is 0 Å². The number of rotatable bonds is 4. The number of carbonyl (C=O) groups is 2. The summed E-state index contributed by atoms with van der Waals surface area (Å²) in [5, 5.41) is 9.90. The first-order valence-electron chi connectivity index (χ1n) is 5.61. The van der Waals surface area contributed by atoms with Crippen molar-refractivity contribution in [3.8, 4) is 0 Å². The SMILES string of the molecule is CN(CC(N)=O)c1c(C(=O)O)cnc2ccccc12. The molecule has 0 saturated carbocycles. The summed E-state index contributed by atoms with van der Waals surface area (Å²) >= 11 is 0. The summed E-state index contributed by atoms with van der Waals surface area (Å²) in [7, 11) is 1.62. The fourth-order valence-electron chi connectivity index (χ4n) is 2.01. The highest BCUT2D eigenvalue weighted by Crippen LogP contribution is 2.28. The van der Waals surface area contributed by atoms with E-state index in [2.05, 4.69) is 4.98 Å². The van der Waals surface area contributed by atoms with Crippen LogP contribution in [0.2, 0.25) is 0 Å². The lowest BCUT2D eigenvalue weighted by molar-refractivity contribution is -0.116. The molecule has 6 heteroatoms. The number of aromatic nitrogens is 1. The standard InChI is InChI=1S/C13H13N3O3/c1-16(7-11(14)17)12-8-4-2-3-5-10(8)15-6-9(12)13(18)19/h2-6H,7H2,1H3,(H2,14,17)(H,18,19). The lowest BCUT2D eigenvalue weighted by Gasteiger charge is -2.21. The molecular weight excluding hydrogens is 246 g/mol. The third-order valence-electron chi connectivity index (χ3n) is 2.75. The number of hydrogen-bond acceptors (Lipinski definition) is 4. The largest absolute Gasteiger partial charge is 0.478 e. The van der Waals surface area contributed by atoms with Crippen LogP contribution in [-0.2, 0) is 4.79 Å². The number of likely N-dealkylation sites (N-methyl/N-ethyl adjacent to an activating group) is 1. The minimum atomic E-state index is -1.09. The molecule has 0 aliphatic carbocycles. The number of anilines is 1. The highest BCUT2D eigenvalue weighted by molar-refractivity contribution is 6.05. The van der Waals surface area contributed by atoms with E-state index in [1.807, 2.05) is 6.07 Å².